The van der Waals surface area contributed by atoms with Crippen molar-refractivity contribution in [3.63, 3.8) is 0 Å². The van der Waals surface area contributed by atoms with Crippen LogP contribution in [-0.2, 0) is 10.8 Å². The van der Waals surface area contributed by atoms with Crippen LogP contribution in [0.5, 0.6) is 0 Å². The molecule has 0 saturated heterocycles. The highest BCUT2D eigenvalue weighted by Crippen LogP contribution is 2.58. The fraction of sp³-hybridized carbons (Fsp3) is 0.0294. The van der Waals surface area contributed by atoms with Crippen LogP contribution in [0.15, 0.2) is 291 Å². The summed E-state index contributed by atoms with van der Waals surface area (Å²) in [6.45, 7) is 0. The Bertz CT molecular complexity index is 3340. The largest absolute Gasteiger partial charge is 0.310 e. The molecule has 2 heteroatoms. The minimum atomic E-state index is -0.527. The summed E-state index contributed by atoms with van der Waals surface area (Å²) >= 11 is 0. The standard InChI is InChI=1S/C68H48N2/c1-5-24-49(25-6-1)67(63-42-17-13-38-59(63)60-39-14-18-43-64(60)67)51-28-21-34-55(46-51)69(53-30-9-3-10-31-53)57-36-23-37-58(48-57)70(54-32-11-4-12-33-54)56-35-22-29-52(47-56)68(50-26-7-2-8-27-50)65-44-19-15-40-61(65)62-41-16-20-45-66(62)68/h1-48H. The van der Waals surface area contributed by atoms with Gasteiger partial charge in [0.2, 0.25) is 0 Å². The first-order valence-corrected chi connectivity index (χ1v) is 24.3. The van der Waals surface area contributed by atoms with E-state index in [0.717, 1.165) is 34.1 Å². The van der Waals surface area contributed by atoms with E-state index in [1.54, 1.807) is 0 Å². The lowest BCUT2D eigenvalue weighted by molar-refractivity contribution is 0.768. The maximum atomic E-state index is 2.42. The molecule has 70 heavy (non-hydrogen) atoms. The molecule has 0 N–H and O–H groups in total. The monoisotopic (exact) mass is 892 g/mol. The molecule has 0 amide bonds. The summed E-state index contributed by atoms with van der Waals surface area (Å²) in [7, 11) is 0. The predicted octanol–water partition coefficient (Wildman–Crippen LogP) is 17.4. The van der Waals surface area contributed by atoms with Crippen LogP contribution >= 0.6 is 0 Å². The fourth-order valence-corrected chi connectivity index (χ4v) is 12.0. The van der Waals surface area contributed by atoms with Gasteiger partial charge in [0.1, 0.15) is 0 Å². The molecule has 0 unspecified atom stereocenters. The van der Waals surface area contributed by atoms with Gasteiger partial charge in [0.05, 0.1) is 10.8 Å². The third-order valence-electron chi connectivity index (χ3n) is 14.8. The lowest BCUT2D eigenvalue weighted by atomic mass is 9.67. The quantitative estimate of drug-likeness (QED) is 0.135. The van der Waals surface area contributed by atoms with E-state index in [2.05, 4.69) is 301 Å². The number of benzene rings is 11. The van der Waals surface area contributed by atoms with Crippen molar-refractivity contribution in [1.29, 1.82) is 0 Å². The van der Waals surface area contributed by atoms with Gasteiger partial charge in [-0.05, 0) is 133 Å². The van der Waals surface area contributed by atoms with Crippen LogP contribution in [0.1, 0.15) is 44.5 Å². The molecule has 0 aliphatic heterocycles. The Morgan fingerprint density at radius 1 is 0.186 bits per heavy atom. The summed E-state index contributed by atoms with van der Waals surface area (Å²) in [6.07, 6.45) is 0. The molecular weight excluding hydrogens is 845 g/mol. The van der Waals surface area contributed by atoms with Gasteiger partial charge in [-0.25, -0.2) is 0 Å². The fourth-order valence-electron chi connectivity index (χ4n) is 12.0. The Morgan fingerprint density at radius 2 is 0.429 bits per heavy atom. The van der Waals surface area contributed by atoms with Gasteiger partial charge < -0.3 is 9.80 Å². The summed E-state index contributed by atoms with van der Waals surface area (Å²) < 4.78 is 0. The molecule has 0 saturated carbocycles. The molecule has 2 aliphatic carbocycles. The average Bonchev–Trinajstić information content (AvgIpc) is 3.91. The Morgan fingerprint density at radius 3 is 0.771 bits per heavy atom. The van der Waals surface area contributed by atoms with Crippen molar-refractivity contribution in [3.05, 3.63) is 336 Å². The smallest absolute Gasteiger partial charge is 0.0714 e. The summed E-state index contributed by atoms with van der Waals surface area (Å²) in [6, 6.07) is 107. The van der Waals surface area contributed by atoms with Gasteiger partial charge in [0.25, 0.3) is 0 Å². The first-order valence-electron chi connectivity index (χ1n) is 24.3. The van der Waals surface area contributed by atoms with Crippen molar-refractivity contribution in [2.24, 2.45) is 0 Å². The first kappa shape index (κ1) is 41.2. The molecule has 0 spiro atoms. The third kappa shape index (κ3) is 6.34. The predicted molar refractivity (Wildman–Crippen MR) is 290 cm³/mol. The number of nitrogens with zero attached hydrogens (tertiary/aromatic N) is 2. The molecule has 11 aromatic rings. The number of fused-ring (bicyclic) bond motifs is 6. The molecule has 0 bridgehead atoms. The highest BCUT2D eigenvalue weighted by atomic mass is 15.2. The van der Waals surface area contributed by atoms with Crippen molar-refractivity contribution in [1.82, 2.24) is 0 Å². The lowest BCUT2D eigenvalue weighted by Gasteiger charge is -2.35. The maximum Gasteiger partial charge on any atom is 0.0714 e. The second-order valence-electron chi connectivity index (χ2n) is 18.4. The van der Waals surface area contributed by atoms with E-state index >= 15 is 0 Å². The van der Waals surface area contributed by atoms with Crippen LogP contribution in [-0.4, -0.2) is 0 Å². The van der Waals surface area contributed by atoms with Crippen LogP contribution < -0.4 is 9.80 Å². The minimum absolute atomic E-state index is 0.527. The highest BCUT2D eigenvalue weighted by molar-refractivity contribution is 5.90. The number of rotatable bonds is 10. The Kier molecular flexibility index (Phi) is 9.99. The third-order valence-corrected chi connectivity index (χ3v) is 14.8. The Labute approximate surface area is 410 Å². The number of anilines is 6. The Hall–Kier alpha value is -8.98. The molecule has 0 heterocycles. The summed E-state index contributed by atoms with van der Waals surface area (Å²) in [5.41, 5.74) is 20.6. The van der Waals surface area contributed by atoms with E-state index < -0.39 is 10.8 Å². The van der Waals surface area contributed by atoms with Crippen molar-refractivity contribution in [2.75, 3.05) is 9.80 Å². The molecule has 13 rings (SSSR count). The van der Waals surface area contributed by atoms with Gasteiger partial charge in [-0.3, -0.25) is 0 Å². The van der Waals surface area contributed by atoms with E-state index in [9.17, 15) is 0 Å². The van der Waals surface area contributed by atoms with Crippen molar-refractivity contribution in [2.45, 2.75) is 10.8 Å². The van der Waals surface area contributed by atoms with Crippen molar-refractivity contribution < 1.29 is 0 Å². The van der Waals surface area contributed by atoms with Crippen LogP contribution in [0.25, 0.3) is 22.3 Å². The summed E-state index contributed by atoms with van der Waals surface area (Å²) in [4.78, 5) is 4.82. The van der Waals surface area contributed by atoms with Crippen molar-refractivity contribution >= 4 is 34.1 Å². The number of hydrogen-bond donors (Lipinski definition) is 0. The zero-order valence-corrected chi connectivity index (χ0v) is 38.6. The van der Waals surface area contributed by atoms with Crippen LogP contribution in [0.2, 0.25) is 0 Å². The van der Waals surface area contributed by atoms with Gasteiger partial charge in [0, 0.05) is 34.1 Å². The number of hydrogen-bond acceptors (Lipinski definition) is 2. The van der Waals surface area contributed by atoms with E-state index in [1.165, 1.54) is 66.8 Å². The molecular formula is C68H48N2. The molecule has 0 radical (unpaired) electrons. The van der Waals surface area contributed by atoms with Gasteiger partial charge in [-0.15, -0.1) is 0 Å². The maximum absolute atomic E-state index is 2.42. The van der Waals surface area contributed by atoms with Crippen LogP contribution in [0, 0.1) is 0 Å². The Balaban J connectivity index is 0.991. The molecule has 2 nitrogen and oxygen atoms in total. The van der Waals surface area contributed by atoms with Gasteiger partial charge >= 0.3 is 0 Å². The van der Waals surface area contributed by atoms with Gasteiger partial charge in [-0.1, -0.05) is 224 Å². The zero-order chi connectivity index (χ0) is 46.5. The molecule has 0 aromatic heterocycles. The number of para-hydroxylation sites is 2. The second kappa shape index (κ2) is 17.0. The minimum Gasteiger partial charge on any atom is -0.310 e. The SMILES string of the molecule is c1ccc(N(c2cccc(N(c3ccccc3)c3cccc(C4(c5ccccc5)c5ccccc5-c5ccccc54)c3)c2)c2cccc(C3(c4ccccc4)c4ccccc4-c4ccccc43)c2)cc1. The molecule has 0 atom stereocenters. The lowest BCUT2D eigenvalue weighted by Crippen LogP contribution is -2.29. The van der Waals surface area contributed by atoms with Gasteiger partial charge in [0.15, 0.2) is 0 Å². The van der Waals surface area contributed by atoms with Crippen LogP contribution in [0.3, 0.4) is 0 Å². The van der Waals surface area contributed by atoms with E-state index in [0.29, 0.717) is 0 Å². The van der Waals surface area contributed by atoms with Crippen LogP contribution in [0.4, 0.5) is 34.1 Å². The zero-order valence-electron chi connectivity index (χ0n) is 38.6. The highest BCUT2D eigenvalue weighted by Gasteiger charge is 2.47. The first-order chi connectivity index (χ1) is 34.7. The molecule has 330 valence electrons. The normalized spacial score (nSPS) is 13.4. The molecule has 2 aliphatic rings. The summed E-state index contributed by atoms with van der Waals surface area (Å²) in [5, 5.41) is 0. The van der Waals surface area contributed by atoms with E-state index in [1.807, 2.05) is 0 Å². The topological polar surface area (TPSA) is 6.48 Å². The molecule has 11 aromatic carbocycles. The second-order valence-corrected chi connectivity index (χ2v) is 18.4. The van der Waals surface area contributed by atoms with Crippen molar-refractivity contribution in [3.8, 4) is 22.3 Å². The average molecular weight is 893 g/mol. The van der Waals surface area contributed by atoms with E-state index in [4.69, 9.17) is 0 Å². The van der Waals surface area contributed by atoms with Gasteiger partial charge in [-0.2, -0.15) is 0 Å². The molecule has 0 fully saturated rings. The van der Waals surface area contributed by atoms with E-state index in [-0.39, 0.29) is 0 Å². The summed E-state index contributed by atoms with van der Waals surface area (Å²) in [5.74, 6) is 0.